The molecule has 0 aliphatic rings. The van der Waals surface area contributed by atoms with E-state index in [1.54, 1.807) is 0 Å². The van der Waals surface area contributed by atoms with Crippen LogP contribution in [0.2, 0.25) is 0 Å². The monoisotopic (exact) mass is 129 g/mol. The van der Waals surface area contributed by atoms with Crippen molar-refractivity contribution in [3.8, 4) is 0 Å². The van der Waals surface area contributed by atoms with E-state index in [4.69, 9.17) is 0 Å². The van der Waals surface area contributed by atoms with Gasteiger partial charge in [-0.3, -0.25) is 0 Å². The molecule has 0 bridgehead atoms. The molecule has 0 unspecified atom stereocenters. The van der Waals surface area contributed by atoms with Crippen LogP contribution in [0.4, 0.5) is 0 Å². The van der Waals surface area contributed by atoms with Crippen molar-refractivity contribution in [3.05, 3.63) is 12.2 Å². The standard InChI is InChI=1S/C6H13N.C2H6/c1-6(2)4-5-7-3;1-2/h7H,1,4-5H2,2-3H3;1-2H3. The van der Waals surface area contributed by atoms with Gasteiger partial charge in [0, 0.05) is 0 Å². The van der Waals surface area contributed by atoms with Crippen LogP contribution >= 0.6 is 0 Å². The summed E-state index contributed by atoms with van der Waals surface area (Å²) >= 11 is 0. The molecule has 0 amide bonds. The third kappa shape index (κ3) is 18.3. The maximum absolute atomic E-state index is 3.75. The highest BCUT2D eigenvalue weighted by Gasteiger charge is 1.79. The first kappa shape index (κ1) is 11.5. The van der Waals surface area contributed by atoms with Gasteiger partial charge in [-0.25, -0.2) is 0 Å². The van der Waals surface area contributed by atoms with E-state index in [1.807, 2.05) is 27.8 Å². The third-order valence-electron chi connectivity index (χ3n) is 0.802. The minimum atomic E-state index is 1.05. The first-order valence-electron chi connectivity index (χ1n) is 3.56. The quantitative estimate of drug-likeness (QED) is 0.576. The average molecular weight is 129 g/mol. The molecule has 0 saturated carbocycles. The third-order valence-corrected chi connectivity index (χ3v) is 0.802. The molecular weight excluding hydrogens is 110 g/mol. The fourth-order valence-electron chi connectivity index (χ4n) is 0.338. The van der Waals surface area contributed by atoms with E-state index in [1.165, 1.54) is 5.57 Å². The first-order chi connectivity index (χ1) is 4.27. The number of hydrogen-bond acceptors (Lipinski definition) is 1. The summed E-state index contributed by atoms with van der Waals surface area (Å²) in [6, 6.07) is 0. The Kier molecular flexibility index (Phi) is 13.6. The molecule has 0 aromatic rings. The lowest BCUT2D eigenvalue weighted by Gasteiger charge is -1.94. The molecule has 0 aliphatic carbocycles. The highest BCUT2D eigenvalue weighted by molar-refractivity contribution is 4.87. The van der Waals surface area contributed by atoms with E-state index in [-0.39, 0.29) is 0 Å². The first-order valence-corrected chi connectivity index (χ1v) is 3.56. The maximum atomic E-state index is 3.75. The van der Waals surface area contributed by atoms with Gasteiger partial charge in [0.05, 0.1) is 0 Å². The molecular formula is C8H19N. The lowest BCUT2D eigenvalue weighted by atomic mass is 10.2. The summed E-state index contributed by atoms with van der Waals surface area (Å²) in [5.41, 5.74) is 1.24. The van der Waals surface area contributed by atoms with Gasteiger partial charge >= 0.3 is 0 Å². The molecule has 0 fully saturated rings. The molecule has 0 aliphatic heterocycles. The van der Waals surface area contributed by atoms with Crippen molar-refractivity contribution >= 4 is 0 Å². The number of hydrogen-bond donors (Lipinski definition) is 1. The summed E-state index contributed by atoms with van der Waals surface area (Å²) < 4.78 is 0. The van der Waals surface area contributed by atoms with E-state index in [9.17, 15) is 0 Å². The second-order valence-electron chi connectivity index (χ2n) is 1.81. The summed E-state index contributed by atoms with van der Waals surface area (Å²) in [6.45, 7) is 10.8. The molecule has 0 radical (unpaired) electrons. The van der Waals surface area contributed by atoms with E-state index in [0.29, 0.717) is 0 Å². The van der Waals surface area contributed by atoms with Crippen LogP contribution in [0.5, 0.6) is 0 Å². The minimum Gasteiger partial charge on any atom is -0.319 e. The number of nitrogens with one attached hydrogen (secondary N) is 1. The van der Waals surface area contributed by atoms with Gasteiger partial charge in [-0.05, 0) is 26.9 Å². The molecule has 1 nitrogen and oxygen atoms in total. The topological polar surface area (TPSA) is 12.0 Å². The molecule has 0 saturated heterocycles. The van der Waals surface area contributed by atoms with Crippen LogP contribution in [0.1, 0.15) is 27.2 Å². The molecule has 9 heavy (non-hydrogen) atoms. The van der Waals surface area contributed by atoms with E-state index < -0.39 is 0 Å². The molecule has 1 heteroatoms. The van der Waals surface area contributed by atoms with Crippen LogP contribution in [0, 0.1) is 0 Å². The van der Waals surface area contributed by atoms with Crippen molar-refractivity contribution < 1.29 is 0 Å². The lowest BCUT2D eigenvalue weighted by molar-refractivity contribution is 0.787. The molecule has 0 rings (SSSR count). The lowest BCUT2D eigenvalue weighted by Crippen LogP contribution is -2.06. The van der Waals surface area contributed by atoms with E-state index in [2.05, 4.69) is 11.9 Å². The predicted octanol–water partition coefficient (Wildman–Crippen LogP) is 2.20. The van der Waals surface area contributed by atoms with Gasteiger partial charge in [0.1, 0.15) is 0 Å². The summed E-state index contributed by atoms with van der Waals surface area (Å²) in [5, 5.41) is 3.04. The molecule has 0 atom stereocenters. The Morgan fingerprint density at radius 1 is 1.44 bits per heavy atom. The van der Waals surface area contributed by atoms with Crippen LogP contribution in [0.15, 0.2) is 12.2 Å². The molecule has 0 aromatic heterocycles. The van der Waals surface area contributed by atoms with Gasteiger partial charge in [-0.15, -0.1) is 6.58 Å². The Labute approximate surface area is 59.2 Å². The van der Waals surface area contributed by atoms with Gasteiger partial charge in [0.15, 0.2) is 0 Å². The zero-order chi connectivity index (χ0) is 7.70. The van der Waals surface area contributed by atoms with Crippen molar-refractivity contribution in [1.29, 1.82) is 0 Å². The Hall–Kier alpha value is -0.300. The van der Waals surface area contributed by atoms with Crippen molar-refractivity contribution in [2.75, 3.05) is 13.6 Å². The summed E-state index contributed by atoms with van der Waals surface area (Å²) in [4.78, 5) is 0. The highest BCUT2D eigenvalue weighted by Crippen LogP contribution is 1.90. The Morgan fingerprint density at radius 3 is 2.00 bits per heavy atom. The van der Waals surface area contributed by atoms with Crippen LogP contribution < -0.4 is 5.32 Å². The van der Waals surface area contributed by atoms with Gasteiger partial charge in [0.2, 0.25) is 0 Å². The second-order valence-corrected chi connectivity index (χ2v) is 1.81. The van der Waals surface area contributed by atoms with Crippen molar-refractivity contribution in [1.82, 2.24) is 5.32 Å². The fraction of sp³-hybridized carbons (Fsp3) is 0.750. The molecule has 0 aromatic carbocycles. The smallest absolute Gasteiger partial charge is 0.00148 e. The summed E-state index contributed by atoms with van der Waals surface area (Å²) in [7, 11) is 1.95. The Balaban J connectivity index is 0. The van der Waals surface area contributed by atoms with Gasteiger partial charge in [-0.1, -0.05) is 19.4 Å². The zero-order valence-corrected chi connectivity index (χ0v) is 7.12. The second kappa shape index (κ2) is 10.6. The van der Waals surface area contributed by atoms with Crippen LogP contribution in [-0.2, 0) is 0 Å². The fourth-order valence-corrected chi connectivity index (χ4v) is 0.338. The Bertz CT molecular complexity index is 57.6. The van der Waals surface area contributed by atoms with Gasteiger partial charge in [-0.2, -0.15) is 0 Å². The van der Waals surface area contributed by atoms with E-state index >= 15 is 0 Å². The minimum absolute atomic E-state index is 1.05. The van der Waals surface area contributed by atoms with Gasteiger partial charge in [0.25, 0.3) is 0 Å². The van der Waals surface area contributed by atoms with Gasteiger partial charge < -0.3 is 5.32 Å². The maximum Gasteiger partial charge on any atom is -0.00148 e. The molecule has 1 N–H and O–H groups in total. The summed E-state index contributed by atoms with van der Waals surface area (Å²) in [5.74, 6) is 0. The SMILES string of the molecule is C=C(C)CCNC.CC. The Morgan fingerprint density at radius 2 is 1.89 bits per heavy atom. The molecule has 0 spiro atoms. The molecule has 56 valence electrons. The largest absolute Gasteiger partial charge is 0.319 e. The average Bonchev–Trinajstić information content (AvgIpc) is 1.88. The predicted molar refractivity (Wildman–Crippen MR) is 44.7 cm³/mol. The van der Waals surface area contributed by atoms with Crippen molar-refractivity contribution in [3.63, 3.8) is 0 Å². The van der Waals surface area contributed by atoms with Crippen molar-refractivity contribution in [2.45, 2.75) is 27.2 Å². The summed E-state index contributed by atoms with van der Waals surface area (Å²) in [6.07, 6.45) is 1.09. The molecule has 0 heterocycles. The zero-order valence-electron chi connectivity index (χ0n) is 7.12. The normalized spacial score (nSPS) is 7.56. The number of rotatable bonds is 3. The highest BCUT2D eigenvalue weighted by atomic mass is 14.8. The van der Waals surface area contributed by atoms with Crippen LogP contribution in [0.25, 0.3) is 0 Å². The van der Waals surface area contributed by atoms with Crippen LogP contribution in [0.3, 0.4) is 0 Å². The van der Waals surface area contributed by atoms with E-state index in [0.717, 1.165) is 13.0 Å². The van der Waals surface area contributed by atoms with Crippen LogP contribution in [-0.4, -0.2) is 13.6 Å². The van der Waals surface area contributed by atoms with Crippen molar-refractivity contribution in [2.24, 2.45) is 0 Å².